The van der Waals surface area contributed by atoms with Crippen molar-refractivity contribution in [3.8, 4) is 0 Å². The minimum atomic E-state index is 0.315. The van der Waals surface area contributed by atoms with Crippen molar-refractivity contribution in [2.24, 2.45) is 16.7 Å². The Labute approximate surface area is 91.2 Å². The summed E-state index contributed by atoms with van der Waals surface area (Å²) >= 11 is 0. The molecule has 80 valence electrons. The third kappa shape index (κ3) is 0.940. The zero-order valence-corrected chi connectivity index (χ0v) is 9.71. The van der Waals surface area contributed by atoms with Crippen LogP contribution in [0.5, 0.6) is 0 Å². The molecule has 1 heterocycles. The molecular formula is C14H18O. The summed E-state index contributed by atoms with van der Waals surface area (Å²) in [4.78, 5) is 0. The van der Waals surface area contributed by atoms with E-state index in [4.69, 9.17) is 4.42 Å². The standard InChI is InChI=1S/C14H18O/c1-13(2)10-6-7-14(13,3)11(9-10)12-5-4-8-15-12/h4-5,8-10H,6-7H2,1-3H3/t10-,14+/m1/s1. The highest BCUT2D eigenvalue weighted by Crippen LogP contribution is 2.67. The lowest BCUT2D eigenvalue weighted by Crippen LogP contribution is -2.29. The lowest BCUT2D eigenvalue weighted by atomic mass is 9.67. The van der Waals surface area contributed by atoms with E-state index in [0.717, 1.165) is 11.7 Å². The van der Waals surface area contributed by atoms with Crippen LogP contribution in [0.1, 0.15) is 39.4 Å². The quantitative estimate of drug-likeness (QED) is 0.667. The van der Waals surface area contributed by atoms with E-state index in [1.807, 2.05) is 6.07 Å². The van der Waals surface area contributed by atoms with Gasteiger partial charge in [-0.25, -0.2) is 0 Å². The molecule has 0 aliphatic heterocycles. The van der Waals surface area contributed by atoms with Crippen LogP contribution >= 0.6 is 0 Å². The van der Waals surface area contributed by atoms with E-state index in [2.05, 4.69) is 32.9 Å². The van der Waals surface area contributed by atoms with Crippen LogP contribution in [0.4, 0.5) is 0 Å². The van der Waals surface area contributed by atoms with E-state index in [-0.39, 0.29) is 0 Å². The summed E-state index contributed by atoms with van der Waals surface area (Å²) in [5.41, 5.74) is 2.15. The Balaban J connectivity index is 2.12. The monoisotopic (exact) mass is 202 g/mol. The van der Waals surface area contributed by atoms with Crippen LogP contribution in [0.15, 0.2) is 28.9 Å². The van der Waals surface area contributed by atoms with E-state index in [1.165, 1.54) is 18.4 Å². The van der Waals surface area contributed by atoms with Gasteiger partial charge in [-0.2, -0.15) is 0 Å². The van der Waals surface area contributed by atoms with Crippen LogP contribution in [-0.2, 0) is 0 Å². The van der Waals surface area contributed by atoms with Crippen LogP contribution < -0.4 is 0 Å². The highest BCUT2D eigenvalue weighted by Gasteiger charge is 2.57. The summed E-state index contributed by atoms with van der Waals surface area (Å²) in [7, 11) is 0. The van der Waals surface area contributed by atoms with Gasteiger partial charge < -0.3 is 4.42 Å². The summed E-state index contributed by atoms with van der Waals surface area (Å²) in [6, 6.07) is 4.08. The molecule has 2 bridgehead atoms. The SMILES string of the molecule is CC1(C)[C@H]2C=C(c3ccco3)[C@]1(C)CC2. The predicted octanol–water partition coefficient (Wildman–Crippen LogP) is 4.12. The van der Waals surface area contributed by atoms with Gasteiger partial charge in [0.05, 0.1) is 6.26 Å². The molecule has 0 spiro atoms. The summed E-state index contributed by atoms with van der Waals surface area (Å²) in [5, 5.41) is 0. The van der Waals surface area contributed by atoms with E-state index < -0.39 is 0 Å². The van der Waals surface area contributed by atoms with Crippen LogP contribution in [0, 0.1) is 16.7 Å². The molecule has 0 amide bonds. The summed E-state index contributed by atoms with van der Waals surface area (Å²) < 4.78 is 5.56. The first-order valence-electron chi connectivity index (χ1n) is 5.82. The summed E-state index contributed by atoms with van der Waals surface area (Å²) in [6.45, 7) is 7.20. The second-order valence-electron chi connectivity index (χ2n) is 5.76. The molecule has 0 aromatic carbocycles. The maximum Gasteiger partial charge on any atom is 0.130 e. The molecule has 0 N–H and O–H groups in total. The minimum Gasteiger partial charge on any atom is -0.465 e. The van der Waals surface area contributed by atoms with Gasteiger partial charge in [0.25, 0.3) is 0 Å². The van der Waals surface area contributed by atoms with Crippen LogP contribution in [0.2, 0.25) is 0 Å². The average molecular weight is 202 g/mol. The smallest absolute Gasteiger partial charge is 0.130 e. The average Bonchev–Trinajstić information content (AvgIpc) is 2.80. The van der Waals surface area contributed by atoms with Crippen molar-refractivity contribution in [3.05, 3.63) is 30.2 Å². The predicted molar refractivity (Wildman–Crippen MR) is 61.3 cm³/mol. The Morgan fingerprint density at radius 2 is 2.13 bits per heavy atom. The van der Waals surface area contributed by atoms with Crippen molar-refractivity contribution in [2.45, 2.75) is 33.6 Å². The van der Waals surface area contributed by atoms with Gasteiger partial charge in [0.15, 0.2) is 0 Å². The van der Waals surface area contributed by atoms with E-state index in [1.54, 1.807) is 6.26 Å². The largest absolute Gasteiger partial charge is 0.465 e. The lowest BCUT2D eigenvalue weighted by molar-refractivity contribution is 0.188. The first-order chi connectivity index (χ1) is 7.06. The molecule has 2 aliphatic carbocycles. The van der Waals surface area contributed by atoms with Gasteiger partial charge in [-0.1, -0.05) is 26.8 Å². The topological polar surface area (TPSA) is 13.1 Å². The highest BCUT2D eigenvalue weighted by atomic mass is 16.3. The first-order valence-corrected chi connectivity index (χ1v) is 5.82. The molecule has 2 aliphatic rings. The van der Waals surface area contributed by atoms with Crippen LogP contribution in [0.3, 0.4) is 0 Å². The molecule has 15 heavy (non-hydrogen) atoms. The maximum absolute atomic E-state index is 5.56. The molecule has 0 saturated heterocycles. The summed E-state index contributed by atoms with van der Waals surface area (Å²) in [6.07, 6.45) is 6.87. The van der Waals surface area contributed by atoms with Gasteiger partial charge in [-0.3, -0.25) is 0 Å². The Kier molecular flexibility index (Phi) is 1.59. The molecule has 1 saturated carbocycles. The number of rotatable bonds is 1. The first kappa shape index (κ1) is 9.26. The molecule has 1 nitrogen and oxygen atoms in total. The third-order valence-electron chi connectivity index (χ3n) is 5.05. The second kappa shape index (κ2) is 2.58. The molecular weight excluding hydrogens is 184 g/mol. The van der Waals surface area contributed by atoms with Gasteiger partial charge in [0, 0.05) is 5.41 Å². The lowest BCUT2D eigenvalue weighted by Gasteiger charge is -2.36. The zero-order chi connectivity index (χ0) is 10.7. The molecule has 1 fully saturated rings. The third-order valence-corrected chi connectivity index (χ3v) is 5.05. The zero-order valence-electron chi connectivity index (χ0n) is 9.71. The minimum absolute atomic E-state index is 0.315. The molecule has 1 heteroatoms. The fraction of sp³-hybridized carbons (Fsp3) is 0.571. The van der Waals surface area contributed by atoms with Gasteiger partial charge in [0.2, 0.25) is 0 Å². The molecule has 0 radical (unpaired) electrons. The van der Waals surface area contributed by atoms with Crippen molar-refractivity contribution in [1.82, 2.24) is 0 Å². The van der Waals surface area contributed by atoms with Gasteiger partial charge >= 0.3 is 0 Å². The number of hydrogen-bond donors (Lipinski definition) is 0. The van der Waals surface area contributed by atoms with Crippen molar-refractivity contribution in [1.29, 1.82) is 0 Å². The maximum atomic E-state index is 5.56. The Bertz CT molecular complexity index is 411. The van der Waals surface area contributed by atoms with E-state index >= 15 is 0 Å². The van der Waals surface area contributed by atoms with Crippen LogP contribution in [-0.4, -0.2) is 0 Å². The molecule has 1 aromatic heterocycles. The number of hydrogen-bond acceptors (Lipinski definition) is 1. The van der Waals surface area contributed by atoms with E-state index in [9.17, 15) is 0 Å². The van der Waals surface area contributed by atoms with Gasteiger partial charge in [-0.05, 0) is 41.9 Å². The normalized spacial score (nSPS) is 37.0. The van der Waals surface area contributed by atoms with Crippen molar-refractivity contribution in [2.75, 3.05) is 0 Å². The second-order valence-corrected chi connectivity index (χ2v) is 5.76. The van der Waals surface area contributed by atoms with Crippen molar-refractivity contribution in [3.63, 3.8) is 0 Å². The van der Waals surface area contributed by atoms with Crippen molar-refractivity contribution < 1.29 is 4.42 Å². The Morgan fingerprint density at radius 1 is 1.33 bits per heavy atom. The number of furan rings is 1. The van der Waals surface area contributed by atoms with E-state index in [0.29, 0.717) is 10.8 Å². The Hall–Kier alpha value is -0.980. The summed E-state index contributed by atoms with van der Waals surface area (Å²) in [5.74, 6) is 1.82. The molecule has 2 atom stereocenters. The Morgan fingerprint density at radius 3 is 2.60 bits per heavy atom. The van der Waals surface area contributed by atoms with Gasteiger partial charge in [0.1, 0.15) is 5.76 Å². The number of fused-ring (bicyclic) bond motifs is 2. The molecule has 1 aromatic rings. The fourth-order valence-electron chi connectivity index (χ4n) is 3.48. The molecule has 3 rings (SSSR count). The number of allylic oxidation sites excluding steroid dienone is 2. The van der Waals surface area contributed by atoms with Crippen LogP contribution in [0.25, 0.3) is 5.57 Å². The highest BCUT2D eigenvalue weighted by molar-refractivity contribution is 5.72. The fourth-order valence-corrected chi connectivity index (χ4v) is 3.48. The van der Waals surface area contributed by atoms with Gasteiger partial charge in [-0.15, -0.1) is 0 Å². The van der Waals surface area contributed by atoms with Crippen molar-refractivity contribution >= 4 is 5.57 Å². The molecule has 0 unspecified atom stereocenters.